The topological polar surface area (TPSA) is 111 Å². The van der Waals surface area contributed by atoms with Gasteiger partial charge in [-0.1, -0.05) is 0 Å². The summed E-state index contributed by atoms with van der Waals surface area (Å²) in [5.74, 6) is 0. The summed E-state index contributed by atoms with van der Waals surface area (Å²) in [7, 11) is 6.04. The van der Waals surface area contributed by atoms with Gasteiger partial charge in [0, 0.05) is 0 Å². The summed E-state index contributed by atoms with van der Waals surface area (Å²) in [6.07, 6.45) is 0. The van der Waals surface area contributed by atoms with Crippen LogP contribution in [0.15, 0.2) is 0 Å². The summed E-state index contributed by atoms with van der Waals surface area (Å²) in [4.78, 5) is 19.8. The third-order valence-corrected chi connectivity index (χ3v) is 4.14. The van der Waals surface area contributed by atoms with Crippen molar-refractivity contribution < 1.29 is 70.5 Å². The second kappa shape index (κ2) is 19.0. The van der Waals surface area contributed by atoms with Gasteiger partial charge in [-0.15, -0.1) is 0 Å². The van der Waals surface area contributed by atoms with Crippen LogP contribution in [0.2, 0.25) is 0 Å². The molecule has 0 aliphatic carbocycles. The van der Waals surface area contributed by atoms with Crippen molar-refractivity contribution in [3.05, 3.63) is 0 Å². The van der Waals surface area contributed by atoms with Gasteiger partial charge in [-0.2, -0.15) is 0 Å². The Morgan fingerprint density at radius 2 is 0.640 bits per heavy atom. The van der Waals surface area contributed by atoms with Crippen molar-refractivity contribution in [3.63, 3.8) is 0 Å². The summed E-state index contributed by atoms with van der Waals surface area (Å²) >= 11 is -4.70. The van der Waals surface area contributed by atoms with E-state index in [4.69, 9.17) is 52.4 Å². The molecule has 25 heavy (non-hydrogen) atoms. The van der Waals surface area contributed by atoms with Crippen LogP contribution >= 0.6 is 0 Å². The fraction of sp³-hybridized carbons (Fsp3) is 1.00. The van der Waals surface area contributed by atoms with E-state index in [-0.39, 0.29) is 52.9 Å². The first kappa shape index (κ1) is 25.2. The Labute approximate surface area is 152 Å². The summed E-state index contributed by atoms with van der Waals surface area (Å²) in [6.45, 7) is 1.47. The maximum absolute atomic E-state index is 5.12. The van der Waals surface area contributed by atoms with Crippen molar-refractivity contribution in [3.8, 4) is 0 Å². The third kappa shape index (κ3) is 15.0. The Morgan fingerprint density at radius 1 is 0.400 bits per heavy atom. The number of ether oxygens (including phenoxy) is 4. The van der Waals surface area contributed by atoms with Crippen molar-refractivity contribution in [2.24, 2.45) is 0 Å². The molecule has 0 N–H and O–H groups in total. The zero-order valence-corrected chi connectivity index (χ0v) is 16.6. The molecule has 0 bridgehead atoms. The quantitative estimate of drug-likeness (QED) is 0.118. The zero-order chi connectivity index (χ0) is 18.6. The molecule has 0 aliphatic heterocycles. The predicted octanol–water partition coefficient (Wildman–Crippen LogP) is 0.179. The van der Waals surface area contributed by atoms with Crippen LogP contribution in [0.5, 0.6) is 0 Å². The van der Waals surface area contributed by atoms with Crippen molar-refractivity contribution in [1.82, 2.24) is 0 Å². The predicted molar refractivity (Wildman–Crippen MR) is 75.7 cm³/mol. The van der Waals surface area contributed by atoms with Crippen LogP contribution in [0.25, 0.3) is 0 Å². The Bertz CT molecular complexity index is 219. The van der Waals surface area contributed by atoms with Gasteiger partial charge < -0.3 is 0 Å². The molecule has 0 aromatic carbocycles. The van der Waals surface area contributed by atoms with Crippen molar-refractivity contribution >= 4 is 0 Å². The SMILES string of the molecule is COCCO[O][Ti]([O]OCCOC)([O]OCCOC)[O]OCCOC. The molecule has 0 heterocycles. The third-order valence-electron chi connectivity index (χ3n) is 2.13. The van der Waals surface area contributed by atoms with Gasteiger partial charge in [-0.05, 0) is 0 Å². The first-order valence-corrected chi connectivity index (χ1v) is 9.98. The van der Waals surface area contributed by atoms with Gasteiger partial charge in [-0.25, -0.2) is 0 Å². The average Bonchev–Trinajstić information content (AvgIpc) is 2.63. The van der Waals surface area contributed by atoms with Crippen LogP contribution in [0.1, 0.15) is 0 Å². The van der Waals surface area contributed by atoms with Gasteiger partial charge >= 0.3 is 152 Å². The molecule has 0 rings (SSSR count). The molecule has 0 unspecified atom stereocenters. The van der Waals surface area contributed by atoms with Gasteiger partial charge in [0.25, 0.3) is 0 Å². The molecule has 0 spiro atoms. The van der Waals surface area contributed by atoms with Crippen LogP contribution in [0.3, 0.4) is 0 Å². The van der Waals surface area contributed by atoms with E-state index < -0.39 is 18.1 Å². The Balaban J connectivity index is 4.62. The molecule has 152 valence electrons. The van der Waals surface area contributed by atoms with Crippen molar-refractivity contribution in [2.45, 2.75) is 0 Å². The molecular weight excluding hydrogens is 384 g/mol. The minimum absolute atomic E-state index is 0.0911. The number of hydrogen-bond donors (Lipinski definition) is 0. The molecule has 0 saturated carbocycles. The molecular formula is C12H28O12Ti. The summed E-state index contributed by atoms with van der Waals surface area (Å²) in [6, 6.07) is 0. The van der Waals surface area contributed by atoms with Crippen molar-refractivity contribution in [1.29, 1.82) is 0 Å². The van der Waals surface area contributed by atoms with Crippen LogP contribution in [-0.4, -0.2) is 81.3 Å². The average molecular weight is 412 g/mol. The molecule has 12 nitrogen and oxygen atoms in total. The second-order valence-corrected chi connectivity index (χ2v) is 6.70. The van der Waals surface area contributed by atoms with Gasteiger partial charge in [0.1, 0.15) is 0 Å². The maximum atomic E-state index is 5.12. The van der Waals surface area contributed by atoms with E-state index in [1.54, 1.807) is 0 Å². The van der Waals surface area contributed by atoms with E-state index in [1.165, 1.54) is 28.4 Å². The minimum atomic E-state index is -4.70. The molecule has 0 aromatic rings. The van der Waals surface area contributed by atoms with E-state index in [2.05, 4.69) is 0 Å². The summed E-state index contributed by atoms with van der Waals surface area (Å²) in [5, 5.41) is 0. The zero-order valence-electron chi connectivity index (χ0n) is 15.1. The number of rotatable bonds is 20. The van der Waals surface area contributed by atoms with E-state index >= 15 is 0 Å². The van der Waals surface area contributed by atoms with E-state index in [9.17, 15) is 0 Å². The number of methoxy groups -OCH3 is 4. The number of hydrogen-bond acceptors (Lipinski definition) is 12. The molecule has 0 aliphatic rings. The molecule has 0 amide bonds. The Hall–Kier alpha value is 0.234. The second-order valence-electron chi connectivity index (χ2n) is 4.09. The van der Waals surface area contributed by atoms with Crippen LogP contribution < -0.4 is 0 Å². The normalized spacial score (nSPS) is 12.0. The van der Waals surface area contributed by atoms with Crippen LogP contribution in [0.4, 0.5) is 0 Å². The molecule has 13 heteroatoms. The molecule has 0 saturated heterocycles. The van der Waals surface area contributed by atoms with E-state index in [0.29, 0.717) is 0 Å². The van der Waals surface area contributed by atoms with E-state index in [1.807, 2.05) is 0 Å². The first-order valence-electron chi connectivity index (χ1n) is 7.43. The Kier molecular flexibility index (Phi) is 19.2. The van der Waals surface area contributed by atoms with Gasteiger partial charge in [0.2, 0.25) is 0 Å². The van der Waals surface area contributed by atoms with Crippen LogP contribution in [0, 0.1) is 0 Å². The molecule has 0 aromatic heterocycles. The fourth-order valence-electron chi connectivity index (χ4n) is 1.01. The van der Waals surface area contributed by atoms with Gasteiger partial charge in [-0.3, -0.25) is 0 Å². The summed E-state index contributed by atoms with van der Waals surface area (Å²) in [5.41, 5.74) is 0. The van der Waals surface area contributed by atoms with Crippen molar-refractivity contribution in [2.75, 3.05) is 81.3 Å². The standard InChI is InChI=1S/4C3H8O3.Ti/c4*1-5-2-3-6-4;/h4*4H,2-3H2,1H3;/q;;;;+4/p-4. The Morgan fingerprint density at radius 3 is 0.840 bits per heavy atom. The first-order chi connectivity index (χ1) is 12.2. The molecule has 0 radical (unpaired) electrons. The fourth-order valence-corrected chi connectivity index (χ4v) is 2.69. The monoisotopic (exact) mass is 412 g/mol. The molecule has 0 atom stereocenters. The summed E-state index contributed by atoms with van der Waals surface area (Å²) < 4.78 is 39.8. The van der Waals surface area contributed by atoms with E-state index in [0.717, 1.165) is 0 Å². The van der Waals surface area contributed by atoms with Gasteiger partial charge in [0.15, 0.2) is 0 Å². The molecule has 0 fully saturated rings. The van der Waals surface area contributed by atoms with Crippen LogP contribution in [-0.2, 0) is 70.5 Å². The van der Waals surface area contributed by atoms with Gasteiger partial charge in [0.05, 0.1) is 0 Å².